The number of carbonyl (C=O) groups excluding carboxylic acids is 1. The second-order valence-corrected chi connectivity index (χ2v) is 5.33. The molecule has 0 aromatic carbocycles. The molecule has 15 heavy (non-hydrogen) atoms. The molecule has 0 bridgehead atoms. The van der Waals surface area contributed by atoms with Gasteiger partial charge in [-0.2, -0.15) is 0 Å². The molecule has 0 spiro atoms. The number of likely N-dealkylation sites (tertiary alicyclic amines) is 1. The molecule has 0 aliphatic carbocycles. The minimum atomic E-state index is -1.16. The van der Waals surface area contributed by atoms with Crippen LogP contribution in [0.2, 0.25) is 0 Å². The van der Waals surface area contributed by atoms with E-state index in [4.69, 9.17) is 0 Å². The van der Waals surface area contributed by atoms with Crippen LogP contribution >= 0.6 is 0 Å². The zero-order chi connectivity index (χ0) is 11.6. The smallest absolute Gasteiger partial charge is 0.166 e. The summed E-state index contributed by atoms with van der Waals surface area (Å²) in [5, 5.41) is 9.65. The van der Waals surface area contributed by atoms with Crippen LogP contribution in [0.15, 0.2) is 0 Å². The Hall–Kier alpha value is -0.410. The molecular weight excluding hydrogens is 190 g/mol. The Balaban J connectivity index is 2.48. The van der Waals surface area contributed by atoms with Gasteiger partial charge < -0.3 is 10.0 Å². The number of Topliss-reactive ketones (excluding diaryl/α,β-unsaturated/α-hetero) is 1. The lowest BCUT2D eigenvalue weighted by atomic mass is 9.85. The molecule has 3 nitrogen and oxygen atoms in total. The van der Waals surface area contributed by atoms with Crippen LogP contribution in [0.1, 0.15) is 40.5 Å². The van der Waals surface area contributed by atoms with E-state index in [1.54, 1.807) is 13.8 Å². The predicted octanol–water partition coefficient (Wildman–Crippen LogP) is 1.45. The third-order valence-electron chi connectivity index (χ3n) is 3.23. The fourth-order valence-electron chi connectivity index (χ4n) is 2.18. The molecule has 0 radical (unpaired) electrons. The molecule has 1 heterocycles. The highest BCUT2D eigenvalue weighted by Gasteiger charge is 2.33. The third kappa shape index (κ3) is 3.28. The number of rotatable bonds is 3. The van der Waals surface area contributed by atoms with Gasteiger partial charge in [0, 0.05) is 12.0 Å². The van der Waals surface area contributed by atoms with E-state index in [2.05, 4.69) is 18.7 Å². The second-order valence-electron chi connectivity index (χ2n) is 5.33. The molecule has 0 unspecified atom stereocenters. The summed E-state index contributed by atoms with van der Waals surface area (Å²) in [5.74, 6) is 0.0610. The molecular formula is C12H23NO2. The van der Waals surface area contributed by atoms with Gasteiger partial charge in [0.25, 0.3) is 0 Å². The van der Waals surface area contributed by atoms with Crippen molar-refractivity contribution in [1.29, 1.82) is 0 Å². The Morgan fingerprint density at radius 1 is 1.33 bits per heavy atom. The highest BCUT2D eigenvalue weighted by molar-refractivity contribution is 5.88. The molecule has 0 amide bonds. The van der Waals surface area contributed by atoms with Gasteiger partial charge in [0.05, 0.1) is 0 Å². The topological polar surface area (TPSA) is 40.5 Å². The number of ketones is 1. The molecule has 3 heteroatoms. The van der Waals surface area contributed by atoms with Crippen molar-refractivity contribution in [2.75, 3.05) is 13.1 Å². The molecule has 1 saturated heterocycles. The largest absolute Gasteiger partial charge is 0.383 e. The van der Waals surface area contributed by atoms with Gasteiger partial charge in [0.2, 0.25) is 0 Å². The number of carbonyl (C=O) groups is 1. The molecule has 1 N–H and O–H groups in total. The molecule has 88 valence electrons. The highest BCUT2D eigenvalue weighted by Crippen LogP contribution is 2.23. The van der Waals surface area contributed by atoms with Crippen molar-refractivity contribution in [2.24, 2.45) is 5.92 Å². The monoisotopic (exact) mass is 213 g/mol. The van der Waals surface area contributed by atoms with Gasteiger partial charge in [-0.3, -0.25) is 4.79 Å². The Bertz CT molecular complexity index is 222. The first kappa shape index (κ1) is 12.7. The van der Waals surface area contributed by atoms with Crippen molar-refractivity contribution in [1.82, 2.24) is 4.90 Å². The van der Waals surface area contributed by atoms with Crippen LogP contribution < -0.4 is 0 Å². The fraction of sp³-hybridized carbons (Fsp3) is 0.917. The minimum Gasteiger partial charge on any atom is -0.383 e. The summed E-state index contributed by atoms with van der Waals surface area (Å²) in [6.07, 6.45) is 1.78. The zero-order valence-electron chi connectivity index (χ0n) is 10.3. The maximum absolute atomic E-state index is 11.8. The van der Waals surface area contributed by atoms with Gasteiger partial charge in [0.1, 0.15) is 5.60 Å². The summed E-state index contributed by atoms with van der Waals surface area (Å²) in [7, 11) is 0. The number of nitrogens with zero attached hydrogens (tertiary/aromatic N) is 1. The van der Waals surface area contributed by atoms with E-state index in [1.165, 1.54) is 0 Å². The van der Waals surface area contributed by atoms with E-state index < -0.39 is 5.60 Å². The van der Waals surface area contributed by atoms with Crippen LogP contribution in [-0.2, 0) is 4.79 Å². The molecule has 1 rings (SSSR count). The quantitative estimate of drug-likeness (QED) is 0.771. The van der Waals surface area contributed by atoms with E-state index in [-0.39, 0.29) is 11.7 Å². The second kappa shape index (κ2) is 4.62. The van der Waals surface area contributed by atoms with Gasteiger partial charge in [-0.1, -0.05) is 0 Å². The van der Waals surface area contributed by atoms with Crippen LogP contribution in [-0.4, -0.2) is 40.5 Å². The Kier molecular flexibility index (Phi) is 3.90. The van der Waals surface area contributed by atoms with E-state index >= 15 is 0 Å². The third-order valence-corrected chi connectivity index (χ3v) is 3.23. The average Bonchev–Trinajstić information content (AvgIpc) is 2.15. The molecule has 0 aromatic rings. The fourth-order valence-corrected chi connectivity index (χ4v) is 2.18. The maximum Gasteiger partial charge on any atom is 0.166 e. The predicted molar refractivity (Wildman–Crippen MR) is 60.7 cm³/mol. The van der Waals surface area contributed by atoms with E-state index in [0.717, 1.165) is 25.9 Å². The summed E-state index contributed by atoms with van der Waals surface area (Å²) < 4.78 is 0. The van der Waals surface area contributed by atoms with Crippen molar-refractivity contribution in [2.45, 2.75) is 52.2 Å². The van der Waals surface area contributed by atoms with Crippen LogP contribution in [0.3, 0.4) is 0 Å². The number of hydrogen-bond acceptors (Lipinski definition) is 3. The van der Waals surface area contributed by atoms with E-state index in [0.29, 0.717) is 6.04 Å². The van der Waals surface area contributed by atoms with Gasteiger partial charge in [0.15, 0.2) is 5.78 Å². The lowest BCUT2D eigenvalue weighted by Gasteiger charge is -2.35. The molecule has 0 atom stereocenters. The molecule has 0 saturated carbocycles. The number of hydrogen-bond donors (Lipinski definition) is 1. The van der Waals surface area contributed by atoms with Crippen molar-refractivity contribution < 1.29 is 9.90 Å². The van der Waals surface area contributed by atoms with Crippen LogP contribution in [0.5, 0.6) is 0 Å². The Morgan fingerprint density at radius 2 is 1.80 bits per heavy atom. The summed E-state index contributed by atoms with van der Waals surface area (Å²) >= 11 is 0. The van der Waals surface area contributed by atoms with E-state index in [9.17, 15) is 9.90 Å². The summed E-state index contributed by atoms with van der Waals surface area (Å²) in [5.41, 5.74) is -1.16. The van der Waals surface area contributed by atoms with Crippen molar-refractivity contribution in [3.05, 3.63) is 0 Å². The lowest BCUT2D eigenvalue weighted by Crippen LogP contribution is -2.44. The summed E-state index contributed by atoms with van der Waals surface area (Å²) in [6.45, 7) is 9.48. The average molecular weight is 213 g/mol. The minimum absolute atomic E-state index is 0.00547. The summed E-state index contributed by atoms with van der Waals surface area (Å²) in [6, 6.07) is 0.559. The van der Waals surface area contributed by atoms with Crippen LogP contribution in [0, 0.1) is 5.92 Å². The van der Waals surface area contributed by atoms with Crippen molar-refractivity contribution in [3.63, 3.8) is 0 Å². The van der Waals surface area contributed by atoms with Gasteiger partial charge >= 0.3 is 0 Å². The summed E-state index contributed by atoms with van der Waals surface area (Å²) in [4.78, 5) is 14.2. The SMILES string of the molecule is CC(C)N1CCC(C(=O)C(C)(C)O)CC1. The highest BCUT2D eigenvalue weighted by atomic mass is 16.3. The van der Waals surface area contributed by atoms with Crippen LogP contribution in [0.25, 0.3) is 0 Å². The molecule has 0 aromatic heterocycles. The first-order chi connectivity index (χ1) is 6.82. The number of aliphatic hydroxyl groups is 1. The van der Waals surface area contributed by atoms with Gasteiger partial charge in [-0.05, 0) is 53.6 Å². The number of piperidine rings is 1. The van der Waals surface area contributed by atoms with Crippen molar-refractivity contribution >= 4 is 5.78 Å². The maximum atomic E-state index is 11.8. The molecule has 1 aliphatic rings. The first-order valence-electron chi connectivity index (χ1n) is 5.83. The first-order valence-corrected chi connectivity index (χ1v) is 5.83. The van der Waals surface area contributed by atoms with Gasteiger partial charge in [-0.15, -0.1) is 0 Å². The normalized spacial score (nSPS) is 20.9. The van der Waals surface area contributed by atoms with Crippen molar-refractivity contribution in [3.8, 4) is 0 Å². The lowest BCUT2D eigenvalue weighted by molar-refractivity contribution is -0.140. The van der Waals surface area contributed by atoms with E-state index in [1.807, 2.05) is 0 Å². The Morgan fingerprint density at radius 3 is 2.13 bits per heavy atom. The standard InChI is InChI=1S/C12H23NO2/c1-9(2)13-7-5-10(6-8-13)11(14)12(3,4)15/h9-10,15H,5-8H2,1-4H3. The molecule has 1 aliphatic heterocycles. The molecule has 1 fully saturated rings. The zero-order valence-corrected chi connectivity index (χ0v) is 10.3. The Labute approximate surface area is 92.5 Å². The van der Waals surface area contributed by atoms with Gasteiger partial charge in [-0.25, -0.2) is 0 Å². The van der Waals surface area contributed by atoms with Crippen LogP contribution in [0.4, 0.5) is 0 Å².